The second kappa shape index (κ2) is 5.40. The van der Waals surface area contributed by atoms with Crippen LogP contribution in [0.15, 0.2) is 22.9 Å². The van der Waals surface area contributed by atoms with Crippen LogP contribution < -0.4 is 4.90 Å². The largest absolute Gasteiger partial charge is 0.395 e. The third-order valence-electron chi connectivity index (χ3n) is 2.22. The van der Waals surface area contributed by atoms with E-state index in [1.54, 1.807) is 0 Å². The van der Waals surface area contributed by atoms with Crippen LogP contribution in [-0.4, -0.2) is 33.4 Å². The molecule has 8 heteroatoms. The predicted octanol–water partition coefficient (Wildman–Crippen LogP) is 1.98. The highest BCUT2D eigenvalue weighted by atomic mass is 79.9. The van der Waals surface area contributed by atoms with Gasteiger partial charge in [-0.15, -0.1) is 5.10 Å². The van der Waals surface area contributed by atoms with Crippen LogP contribution in [-0.2, 0) is 0 Å². The number of aliphatic hydroxyl groups is 1. The molecule has 0 unspecified atom stereocenters. The zero-order valence-electron chi connectivity index (χ0n) is 9.07. The Kier molecular flexibility index (Phi) is 3.87. The van der Waals surface area contributed by atoms with Crippen molar-refractivity contribution in [2.24, 2.45) is 0 Å². The van der Waals surface area contributed by atoms with Crippen LogP contribution >= 0.6 is 15.9 Å². The van der Waals surface area contributed by atoms with E-state index in [0.717, 1.165) is 17.0 Å². The monoisotopic (exact) mass is 318 g/mol. The fourth-order valence-corrected chi connectivity index (χ4v) is 1.76. The molecule has 1 aromatic heterocycles. The topological polar surface area (TPSA) is 65.0 Å². The van der Waals surface area contributed by atoms with Crippen molar-refractivity contribution >= 4 is 27.6 Å². The number of aliphatic hydroxyl groups excluding tert-OH is 1. The van der Waals surface area contributed by atoms with Gasteiger partial charge in [-0.2, -0.15) is 4.98 Å². The molecule has 2 rings (SSSR count). The Balaban J connectivity index is 2.47. The Labute approximate surface area is 110 Å². The maximum absolute atomic E-state index is 13.7. The maximum atomic E-state index is 13.7. The zero-order valence-corrected chi connectivity index (χ0v) is 10.7. The summed E-state index contributed by atoms with van der Waals surface area (Å²) in [6, 6.07) is 3.52. The molecular weight excluding hydrogens is 310 g/mol. The summed E-state index contributed by atoms with van der Waals surface area (Å²) in [5.41, 5.74) is -0.293. The Morgan fingerprint density at radius 2 is 2.00 bits per heavy atom. The van der Waals surface area contributed by atoms with Crippen molar-refractivity contribution < 1.29 is 13.9 Å². The van der Waals surface area contributed by atoms with E-state index in [0.29, 0.717) is 4.73 Å². The van der Waals surface area contributed by atoms with E-state index in [9.17, 15) is 8.78 Å². The number of para-hydroxylation sites is 1. The summed E-state index contributed by atoms with van der Waals surface area (Å²) in [7, 11) is 0. The van der Waals surface area contributed by atoms with E-state index in [2.05, 4.69) is 31.1 Å². The molecule has 0 atom stereocenters. The third-order valence-corrected chi connectivity index (χ3v) is 2.57. The van der Waals surface area contributed by atoms with E-state index in [-0.39, 0.29) is 24.8 Å². The normalized spacial score (nSPS) is 10.7. The van der Waals surface area contributed by atoms with Crippen LogP contribution in [0.25, 0.3) is 0 Å². The SMILES string of the molecule is OCCN(c1n[nH]c(Br)n1)c1c(F)cccc1F. The van der Waals surface area contributed by atoms with Gasteiger partial charge in [-0.1, -0.05) is 6.07 Å². The summed E-state index contributed by atoms with van der Waals surface area (Å²) in [6.45, 7) is -0.317. The fraction of sp³-hybridized carbons (Fsp3) is 0.200. The molecule has 0 saturated heterocycles. The molecule has 1 heterocycles. The van der Waals surface area contributed by atoms with E-state index >= 15 is 0 Å². The molecule has 0 aliphatic rings. The number of hydrogen-bond acceptors (Lipinski definition) is 4. The van der Waals surface area contributed by atoms with Crippen molar-refractivity contribution in [2.45, 2.75) is 0 Å². The summed E-state index contributed by atoms with van der Waals surface area (Å²) >= 11 is 3.06. The quantitative estimate of drug-likeness (QED) is 0.904. The molecule has 0 saturated carbocycles. The summed E-state index contributed by atoms with van der Waals surface area (Å²) < 4.78 is 27.7. The van der Waals surface area contributed by atoms with Crippen LogP contribution in [0.1, 0.15) is 0 Å². The van der Waals surface area contributed by atoms with Crippen LogP contribution in [0.4, 0.5) is 20.4 Å². The zero-order chi connectivity index (χ0) is 13.1. The average Bonchev–Trinajstić information content (AvgIpc) is 2.74. The Morgan fingerprint density at radius 3 is 2.50 bits per heavy atom. The molecule has 2 N–H and O–H groups in total. The van der Waals surface area contributed by atoms with Gasteiger partial charge in [0.05, 0.1) is 6.61 Å². The van der Waals surface area contributed by atoms with Gasteiger partial charge in [-0.05, 0) is 28.1 Å². The molecule has 0 fully saturated rings. The molecule has 1 aromatic carbocycles. The van der Waals surface area contributed by atoms with Gasteiger partial charge in [0.1, 0.15) is 17.3 Å². The van der Waals surface area contributed by atoms with E-state index in [1.807, 2.05) is 0 Å². The van der Waals surface area contributed by atoms with Gasteiger partial charge in [0.2, 0.25) is 5.95 Å². The van der Waals surface area contributed by atoms with Gasteiger partial charge in [-0.3, -0.25) is 5.10 Å². The first-order valence-electron chi connectivity index (χ1n) is 5.04. The van der Waals surface area contributed by atoms with Crippen molar-refractivity contribution in [2.75, 3.05) is 18.1 Å². The van der Waals surface area contributed by atoms with Crippen molar-refractivity contribution in [3.05, 3.63) is 34.6 Å². The third kappa shape index (κ3) is 2.49. The van der Waals surface area contributed by atoms with Crippen molar-refractivity contribution in [1.82, 2.24) is 15.2 Å². The van der Waals surface area contributed by atoms with E-state index < -0.39 is 11.6 Å². The molecular formula is C10H9BrF2N4O. The number of hydrogen-bond donors (Lipinski definition) is 2. The lowest BCUT2D eigenvalue weighted by molar-refractivity contribution is 0.304. The van der Waals surface area contributed by atoms with Gasteiger partial charge in [0.25, 0.3) is 0 Å². The fourth-order valence-electron chi connectivity index (χ4n) is 1.51. The van der Waals surface area contributed by atoms with Gasteiger partial charge in [0.15, 0.2) is 4.73 Å². The Morgan fingerprint density at radius 1 is 1.33 bits per heavy atom. The smallest absolute Gasteiger partial charge is 0.250 e. The molecule has 2 aromatic rings. The number of nitrogens with one attached hydrogen (secondary N) is 1. The lowest BCUT2D eigenvalue weighted by atomic mass is 10.2. The number of nitrogens with zero attached hydrogens (tertiary/aromatic N) is 3. The van der Waals surface area contributed by atoms with Crippen molar-refractivity contribution in [1.29, 1.82) is 0 Å². The van der Waals surface area contributed by atoms with Gasteiger partial charge in [0, 0.05) is 6.54 Å². The number of aromatic amines is 1. The highest BCUT2D eigenvalue weighted by Crippen LogP contribution is 2.28. The maximum Gasteiger partial charge on any atom is 0.250 e. The lowest BCUT2D eigenvalue weighted by Gasteiger charge is -2.20. The van der Waals surface area contributed by atoms with Crippen LogP contribution in [0.3, 0.4) is 0 Å². The van der Waals surface area contributed by atoms with Gasteiger partial charge < -0.3 is 10.0 Å². The minimum Gasteiger partial charge on any atom is -0.395 e. The molecule has 0 spiro atoms. The van der Waals surface area contributed by atoms with Crippen LogP contribution in [0, 0.1) is 11.6 Å². The molecule has 18 heavy (non-hydrogen) atoms. The Bertz CT molecular complexity index is 528. The number of anilines is 2. The summed E-state index contributed by atoms with van der Waals surface area (Å²) in [5.74, 6) is -1.42. The summed E-state index contributed by atoms with van der Waals surface area (Å²) in [5, 5.41) is 15.3. The number of H-pyrrole nitrogens is 1. The molecule has 5 nitrogen and oxygen atoms in total. The molecule has 0 aliphatic carbocycles. The standard InChI is InChI=1S/C10H9BrF2N4O/c11-9-14-10(16-15-9)17(4-5-18)8-6(12)2-1-3-7(8)13/h1-3,18H,4-5H2,(H,14,15,16). The van der Waals surface area contributed by atoms with E-state index in [4.69, 9.17) is 5.11 Å². The number of rotatable bonds is 4. The first-order valence-corrected chi connectivity index (χ1v) is 5.83. The number of aromatic nitrogens is 3. The molecule has 0 amide bonds. The number of halogens is 3. The van der Waals surface area contributed by atoms with Crippen molar-refractivity contribution in [3.63, 3.8) is 0 Å². The minimum atomic E-state index is -0.746. The van der Waals surface area contributed by atoms with Gasteiger partial charge in [-0.25, -0.2) is 8.78 Å². The highest BCUT2D eigenvalue weighted by molar-refractivity contribution is 9.10. The summed E-state index contributed by atoms with van der Waals surface area (Å²) in [6.07, 6.45) is 0. The first-order chi connectivity index (χ1) is 8.63. The second-order valence-electron chi connectivity index (χ2n) is 3.37. The van der Waals surface area contributed by atoms with Crippen LogP contribution in [0.2, 0.25) is 0 Å². The Hall–Kier alpha value is -1.54. The predicted molar refractivity (Wildman–Crippen MR) is 64.5 cm³/mol. The summed E-state index contributed by atoms with van der Waals surface area (Å²) in [4.78, 5) is 5.08. The van der Waals surface area contributed by atoms with Crippen molar-refractivity contribution in [3.8, 4) is 0 Å². The number of benzene rings is 1. The first kappa shape index (κ1) is 12.9. The minimum absolute atomic E-state index is 0.0256. The van der Waals surface area contributed by atoms with Crippen LogP contribution in [0.5, 0.6) is 0 Å². The molecule has 0 radical (unpaired) electrons. The van der Waals surface area contributed by atoms with E-state index in [1.165, 1.54) is 6.07 Å². The highest BCUT2D eigenvalue weighted by Gasteiger charge is 2.20. The molecule has 96 valence electrons. The average molecular weight is 319 g/mol. The lowest BCUT2D eigenvalue weighted by Crippen LogP contribution is -2.24. The molecule has 0 bridgehead atoms. The van der Waals surface area contributed by atoms with Gasteiger partial charge >= 0.3 is 0 Å². The molecule has 0 aliphatic heterocycles. The second-order valence-corrected chi connectivity index (χ2v) is 4.12.